The van der Waals surface area contributed by atoms with Gasteiger partial charge in [0.1, 0.15) is 11.6 Å². The van der Waals surface area contributed by atoms with Crippen molar-refractivity contribution < 1.29 is 26.4 Å². The molecule has 186 valence electrons. The van der Waals surface area contributed by atoms with Crippen molar-refractivity contribution in [3.8, 4) is 0 Å². The van der Waals surface area contributed by atoms with Crippen LogP contribution in [0.3, 0.4) is 0 Å². The Kier molecular flexibility index (Phi) is 9.87. The van der Waals surface area contributed by atoms with Crippen LogP contribution in [0.15, 0.2) is 0 Å². The lowest BCUT2D eigenvalue weighted by Gasteiger charge is -2.32. The topological polar surface area (TPSA) is 109 Å². The molecule has 0 bridgehead atoms. The number of sulfonamides is 2. The molecule has 32 heavy (non-hydrogen) atoms. The van der Waals surface area contributed by atoms with E-state index in [-0.39, 0.29) is 23.4 Å². The van der Waals surface area contributed by atoms with Gasteiger partial charge in [0.15, 0.2) is 0 Å². The minimum Gasteiger partial charge on any atom is -0.300 e. The number of carbonyl (C=O) groups excluding carboxylic acids is 2. The van der Waals surface area contributed by atoms with Crippen LogP contribution in [0.2, 0.25) is 0 Å². The summed E-state index contributed by atoms with van der Waals surface area (Å²) in [6.45, 7) is 4.31. The second-order valence-corrected chi connectivity index (χ2v) is 14.1. The van der Waals surface area contributed by atoms with E-state index < -0.39 is 30.5 Å². The van der Waals surface area contributed by atoms with E-state index in [1.807, 2.05) is 0 Å². The van der Waals surface area contributed by atoms with Gasteiger partial charge in [-0.2, -0.15) is 0 Å². The lowest BCUT2D eigenvalue weighted by molar-refractivity contribution is -0.122. The Labute approximate surface area is 194 Å². The molecule has 3 fully saturated rings. The van der Waals surface area contributed by atoms with Gasteiger partial charge in [0.25, 0.3) is 0 Å². The van der Waals surface area contributed by atoms with Crippen molar-refractivity contribution in [3.05, 3.63) is 0 Å². The van der Waals surface area contributed by atoms with Gasteiger partial charge in [0, 0.05) is 39.0 Å². The summed E-state index contributed by atoms with van der Waals surface area (Å²) < 4.78 is 51.7. The summed E-state index contributed by atoms with van der Waals surface area (Å²) >= 11 is 0. The van der Waals surface area contributed by atoms with Crippen LogP contribution in [0.5, 0.6) is 0 Å². The zero-order valence-electron chi connectivity index (χ0n) is 20.0. The van der Waals surface area contributed by atoms with Crippen molar-refractivity contribution in [1.82, 2.24) is 8.61 Å². The SMILES string of the molecule is CC(=O)C1CCCCC1S(=O)(=O)N(C)C.CC(=O)C1CCCCC1S(=O)(=O)N1CCCC1. The zero-order valence-corrected chi connectivity index (χ0v) is 21.6. The number of hydrogen-bond acceptors (Lipinski definition) is 6. The summed E-state index contributed by atoms with van der Waals surface area (Å²) in [5.41, 5.74) is 0. The molecule has 0 aromatic heterocycles. The highest BCUT2D eigenvalue weighted by Gasteiger charge is 2.42. The molecule has 10 heteroatoms. The molecule has 8 nitrogen and oxygen atoms in total. The van der Waals surface area contributed by atoms with Gasteiger partial charge in [-0.15, -0.1) is 0 Å². The monoisotopic (exact) mass is 492 g/mol. The molecule has 0 amide bonds. The fourth-order valence-electron chi connectivity index (χ4n) is 5.24. The maximum Gasteiger partial charge on any atom is 0.217 e. The Balaban J connectivity index is 0.000000229. The minimum atomic E-state index is -3.28. The van der Waals surface area contributed by atoms with Crippen LogP contribution in [0.4, 0.5) is 0 Å². The molecular formula is C22H40N2O6S2. The molecule has 0 N–H and O–H groups in total. The standard InChI is InChI=1S/C12H21NO3S.C10H19NO3S/c1-10(14)11-6-2-3-7-12(11)17(15,16)13-8-4-5-9-13;1-8(12)9-6-4-5-7-10(9)15(13,14)11(2)3/h11-12H,2-9H2,1H3;9-10H,4-7H2,1-3H3. The maximum absolute atomic E-state index is 12.5. The van der Waals surface area contributed by atoms with Gasteiger partial charge in [0.2, 0.25) is 20.0 Å². The van der Waals surface area contributed by atoms with E-state index in [1.165, 1.54) is 32.2 Å². The summed E-state index contributed by atoms with van der Waals surface area (Å²) in [6, 6.07) is 0. The predicted molar refractivity (Wildman–Crippen MR) is 125 cm³/mol. The highest BCUT2D eigenvalue weighted by molar-refractivity contribution is 7.90. The van der Waals surface area contributed by atoms with E-state index in [0.29, 0.717) is 32.4 Å². The molecule has 2 saturated carbocycles. The highest BCUT2D eigenvalue weighted by Crippen LogP contribution is 2.33. The summed E-state index contributed by atoms with van der Waals surface area (Å²) in [7, 11) is -3.47. The number of nitrogens with zero attached hydrogens (tertiary/aromatic N) is 2. The number of carbonyl (C=O) groups is 2. The molecule has 2 aliphatic carbocycles. The smallest absolute Gasteiger partial charge is 0.217 e. The molecule has 4 atom stereocenters. The average Bonchev–Trinajstić information content (AvgIpc) is 3.30. The number of Topliss-reactive ketones (excluding diaryl/α,β-unsaturated/α-hetero) is 2. The highest BCUT2D eigenvalue weighted by atomic mass is 32.2. The molecule has 1 heterocycles. The fourth-order valence-corrected chi connectivity index (χ4v) is 9.35. The Hall–Kier alpha value is -0.840. The van der Waals surface area contributed by atoms with Crippen molar-refractivity contribution in [2.75, 3.05) is 27.2 Å². The molecule has 1 aliphatic heterocycles. The number of hydrogen-bond donors (Lipinski definition) is 0. The lowest BCUT2D eigenvalue weighted by Crippen LogP contribution is -2.44. The lowest BCUT2D eigenvalue weighted by atomic mass is 9.86. The zero-order chi connectivity index (χ0) is 24.1. The third-order valence-corrected chi connectivity index (χ3v) is 11.9. The van der Waals surface area contributed by atoms with Gasteiger partial charge >= 0.3 is 0 Å². The second kappa shape index (κ2) is 11.5. The Morgan fingerprint density at radius 1 is 0.688 bits per heavy atom. The van der Waals surface area contributed by atoms with E-state index in [4.69, 9.17) is 0 Å². The average molecular weight is 493 g/mol. The van der Waals surface area contributed by atoms with E-state index in [0.717, 1.165) is 44.9 Å². The summed E-state index contributed by atoms with van der Waals surface area (Å²) in [5, 5.41) is -0.953. The molecule has 0 aromatic carbocycles. The largest absolute Gasteiger partial charge is 0.300 e. The summed E-state index contributed by atoms with van der Waals surface area (Å²) in [6.07, 6.45) is 8.42. The summed E-state index contributed by atoms with van der Waals surface area (Å²) in [5.74, 6) is -0.525. The van der Waals surface area contributed by atoms with Crippen LogP contribution < -0.4 is 0 Å². The molecule has 0 aromatic rings. The van der Waals surface area contributed by atoms with E-state index in [9.17, 15) is 26.4 Å². The number of rotatable bonds is 6. The van der Waals surface area contributed by atoms with Crippen molar-refractivity contribution in [1.29, 1.82) is 0 Å². The fraction of sp³-hybridized carbons (Fsp3) is 0.909. The molecule has 3 rings (SSSR count). The van der Waals surface area contributed by atoms with Crippen LogP contribution in [0, 0.1) is 11.8 Å². The Bertz CT molecular complexity index is 863. The van der Waals surface area contributed by atoms with Crippen LogP contribution >= 0.6 is 0 Å². The van der Waals surface area contributed by atoms with Crippen LogP contribution in [-0.2, 0) is 29.6 Å². The second-order valence-electron chi connectivity index (χ2n) is 9.56. The third kappa shape index (κ3) is 6.39. The van der Waals surface area contributed by atoms with E-state index >= 15 is 0 Å². The Morgan fingerprint density at radius 2 is 1.09 bits per heavy atom. The first-order valence-electron chi connectivity index (χ1n) is 11.8. The first-order valence-corrected chi connectivity index (χ1v) is 14.8. The van der Waals surface area contributed by atoms with Crippen molar-refractivity contribution in [2.24, 2.45) is 11.8 Å². The molecule has 0 spiro atoms. The molecule has 3 aliphatic rings. The first-order chi connectivity index (χ1) is 14.9. The number of ketones is 2. The van der Waals surface area contributed by atoms with Crippen LogP contribution in [0.25, 0.3) is 0 Å². The van der Waals surface area contributed by atoms with Gasteiger partial charge in [-0.3, -0.25) is 9.59 Å². The van der Waals surface area contributed by atoms with Gasteiger partial charge in [-0.1, -0.05) is 25.7 Å². The molecular weight excluding hydrogens is 452 g/mol. The molecule has 0 radical (unpaired) electrons. The van der Waals surface area contributed by atoms with Gasteiger partial charge in [0.05, 0.1) is 10.5 Å². The minimum absolute atomic E-state index is 0.00475. The maximum atomic E-state index is 12.5. The molecule has 1 saturated heterocycles. The first kappa shape index (κ1) is 27.4. The van der Waals surface area contributed by atoms with E-state index in [2.05, 4.69) is 0 Å². The summed E-state index contributed by atoms with van der Waals surface area (Å²) in [4.78, 5) is 23.0. The van der Waals surface area contributed by atoms with Crippen LogP contribution in [0.1, 0.15) is 78.1 Å². The van der Waals surface area contributed by atoms with Crippen molar-refractivity contribution >= 4 is 31.6 Å². The van der Waals surface area contributed by atoms with E-state index in [1.54, 1.807) is 4.31 Å². The predicted octanol–water partition coefficient (Wildman–Crippen LogP) is 2.59. The normalized spacial score (nSPS) is 29.9. The third-order valence-electron chi connectivity index (χ3n) is 7.15. The molecule has 4 unspecified atom stereocenters. The van der Waals surface area contributed by atoms with Gasteiger partial charge < -0.3 is 0 Å². The van der Waals surface area contributed by atoms with Gasteiger partial charge in [-0.05, 0) is 52.4 Å². The van der Waals surface area contributed by atoms with Crippen LogP contribution in [-0.4, -0.2) is 74.7 Å². The quantitative estimate of drug-likeness (QED) is 0.564. The van der Waals surface area contributed by atoms with Crippen molar-refractivity contribution in [3.63, 3.8) is 0 Å². The van der Waals surface area contributed by atoms with Crippen molar-refractivity contribution in [2.45, 2.75) is 88.6 Å². The Morgan fingerprint density at radius 3 is 1.53 bits per heavy atom. The van der Waals surface area contributed by atoms with Gasteiger partial charge in [-0.25, -0.2) is 25.4 Å².